The number of aliphatic hydroxyl groups is 1. The van der Waals surface area contributed by atoms with Gasteiger partial charge in [0.25, 0.3) is 5.56 Å². The van der Waals surface area contributed by atoms with Crippen LogP contribution in [-0.2, 0) is 0 Å². The molecule has 1 aliphatic rings. The number of hydrogen-bond donors (Lipinski definition) is 1. The molecule has 1 aliphatic heterocycles. The van der Waals surface area contributed by atoms with E-state index >= 15 is 0 Å². The lowest BCUT2D eigenvalue weighted by Crippen LogP contribution is -2.52. The van der Waals surface area contributed by atoms with E-state index in [0.29, 0.717) is 11.3 Å². The molecule has 0 saturated carbocycles. The van der Waals surface area contributed by atoms with Crippen LogP contribution in [0.25, 0.3) is 0 Å². The van der Waals surface area contributed by atoms with Gasteiger partial charge in [0.2, 0.25) is 0 Å². The molecule has 0 amide bonds. The molecule has 2 heterocycles. The molecule has 0 bridgehead atoms. The molecule has 0 radical (unpaired) electrons. The highest BCUT2D eigenvalue weighted by atomic mass is 32.2. The first-order chi connectivity index (χ1) is 11.6. The molecular weight excluding hydrogens is 357 g/mol. The third-order valence-corrected chi connectivity index (χ3v) is 4.69. The number of alkyl halides is 3. The number of hydrogen-bond acceptors (Lipinski definition) is 5. The number of aliphatic hydroxyl groups excluding tert-OH is 1. The van der Waals surface area contributed by atoms with Gasteiger partial charge in [-0.25, -0.2) is 0 Å². The molecule has 0 spiro atoms. The van der Waals surface area contributed by atoms with Crippen molar-refractivity contribution in [3.8, 4) is 5.75 Å². The Labute approximate surface area is 145 Å². The SMILES string of the molecule is CC1(C)Oc2ccc(SC(F)(F)F)cc2[C@@H](n2ccncc2=O)[C@@H]1O. The van der Waals surface area contributed by atoms with Crippen LogP contribution in [-0.4, -0.2) is 31.9 Å². The van der Waals surface area contributed by atoms with E-state index in [0.717, 1.165) is 6.20 Å². The predicted molar refractivity (Wildman–Crippen MR) is 85.7 cm³/mol. The molecule has 0 fully saturated rings. The van der Waals surface area contributed by atoms with Gasteiger partial charge in [0.05, 0.1) is 12.2 Å². The normalized spacial score (nSPS) is 22.2. The van der Waals surface area contributed by atoms with Crippen LogP contribution in [0.15, 0.2) is 46.5 Å². The second kappa shape index (κ2) is 6.06. The first-order valence-corrected chi connectivity index (χ1v) is 8.19. The molecule has 5 nitrogen and oxygen atoms in total. The van der Waals surface area contributed by atoms with Gasteiger partial charge in [-0.05, 0) is 43.8 Å². The fourth-order valence-electron chi connectivity index (χ4n) is 2.83. The summed E-state index contributed by atoms with van der Waals surface area (Å²) in [6.45, 7) is 3.30. The van der Waals surface area contributed by atoms with Crippen molar-refractivity contribution >= 4 is 11.8 Å². The number of rotatable bonds is 2. The molecule has 1 aromatic heterocycles. The minimum Gasteiger partial charge on any atom is -0.485 e. The predicted octanol–water partition coefficient (Wildman–Crippen LogP) is 2.98. The zero-order valence-corrected chi connectivity index (χ0v) is 14.1. The molecule has 9 heteroatoms. The van der Waals surface area contributed by atoms with Crippen LogP contribution in [0.3, 0.4) is 0 Å². The van der Waals surface area contributed by atoms with E-state index < -0.39 is 28.8 Å². The summed E-state index contributed by atoms with van der Waals surface area (Å²) < 4.78 is 45.0. The Bertz CT molecular complexity index is 851. The molecule has 1 aromatic carbocycles. The van der Waals surface area contributed by atoms with Crippen molar-refractivity contribution in [1.29, 1.82) is 0 Å². The number of ether oxygens (including phenoxy) is 1. The third kappa shape index (κ3) is 3.52. The Morgan fingerprint density at radius 3 is 2.72 bits per heavy atom. The molecular formula is C16H15F3N2O3S. The number of aromatic nitrogens is 2. The molecule has 2 aromatic rings. The van der Waals surface area contributed by atoms with E-state index in [4.69, 9.17) is 4.74 Å². The maximum absolute atomic E-state index is 12.7. The maximum atomic E-state index is 12.7. The molecule has 3 rings (SSSR count). The van der Waals surface area contributed by atoms with Crippen LogP contribution in [0.4, 0.5) is 13.2 Å². The van der Waals surface area contributed by atoms with E-state index in [9.17, 15) is 23.1 Å². The van der Waals surface area contributed by atoms with Crippen molar-refractivity contribution in [3.05, 3.63) is 52.7 Å². The molecule has 0 unspecified atom stereocenters. The van der Waals surface area contributed by atoms with Crippen molar-refractivity contribution in [2.45, 2.75) is 42.0 Å². The topological polar surface area (TPSA) is 64.4 Å². The van der Waals surface area contributed by atoms with Crippen molar-refractivity contribution in [2.75, 3.05) is 0 Å². The van der Waals surface area contributed by atoms with Gasteiger partial charge in [0, 0.05) is 22.9 Å². The summed E-state index contributed by atoms with van der Waals surface area (Å²) in [5, 5.41) is 10.7. The van der Waals surface area contributed by atoms with Gasteiger partial charge in [-0.1, -0.05) is 0 Å². The lowest BCUT2D eigenvalue weighted by Gasteiger charge is -2.42. The second-order valence-corrected chi connectivity index (χ2v) is 7.30. The maximum Gasteiger partial charge on any atom is 0.446 e. The van der Waals surface area contributed by atoms with E-state index in [1.54, 1.807) is 13.8 Å². The Morgan fingerprint density at radius 2 is 2.08 bits per heavy atom. The van der Waals surface area contributed by atoms with Crippen molar-refractivity contribution < 1.29 is 23.0 Å². The van der Waals surface area contributed by atoms with E-state index in [1.165, 1.54) is 35.2 Å². The summed E-state index contributed by atoms with van der Waals surface area (Å²) >= 11 is -0.261. The van der Waals surface area contributed by atoms with Gasteiger partial charge in [0.15, 0.2) is 0 Å². The van der Waals surface area contributed by atoms with Gasteiger partial charge < -0.3 is 14.4 Å². The van der Waals surface area contributed by atoms with Gasteiger partial charge in [0.1, 0.15) is 17.5 Å². The number of thioether (sulfide) groups is 1. The Balaban J connectivity index is 2.16. The molecule has 0 aliphatic carbocycles. The smallest absolute Gasteiger partial charge is 0.446 e. The number of benzene rings is 1. The van der Waals surface area contributed by atoms with E-state index in [-0.39, 0.29) is 16.7 Å². The van der Waals surface area contributed by atoms with Crippen LogP contribution in [0.5, 0.6) is 5.75 Å². The lowest BCUT2D eigenvalue weighted by molar-refractivity contribution is -0.0644. The minimum atomic E-state index is -4.44. The zero-order chi connectivity index (χ0) is 18.4. The van der Waals surface area contributed by atoms with Gasteiger partial charge in [-0.3, -0.25) is 9.78 Å². The Morgan fingerprint density at radius 1 is 1.36 bits per heavy atom. The highest BCUT2D eigenvalue weighted by molar-refractivity contribution is 8.00. The quantitative estimate of drug-likeness (QED) is 0.821. The Kier molecular flexibility index (Phi) is 4.32. The third-order valence-electron chi connectivity index (χ3n) is 3.97. The largest absolute Gasteiger partial charge is 0.485 e. The molecule has 2 atom stereocenters. The summed E-state index contributed by atoms with van der Waals surface area (Å²) in [5.41, 5.74) is -5.62. The fraction of sp³-hybridized carbons (Fsp3) is 0.375. The van der Waals surface area contributed by atoms with Gasteiger partial charge in [-0.15, -0.1) is 0 Å². The van der Waals surface area contributed by atoms with Crippen LogP contribution in [0, 0.1) is 0 Å². The first-order valence-electron chi connectivity index (χ1n) is 7.37. The van der Waals surface area contributed by atoms with Crippen molar-refractivity contribution in [2.24, 2.45) is 0 Å². The lowest BCUT2D eigenvalue weighted by atomic mass is 9.86. The summed E-state index contributed by atoms with van der Waals surface area (Å²) in [6, 6.07) is 3.14. The van der Waals surface area contributed by atoms with Crippen LogP contribution in [0.1, 0.15) is 25.5 Å². The summed E-state index contributed by atoms with van der Waals surface area (Å²) in [4.78, 5) is 15.8. The van der Waals surface area contributed by atoms with Crippen molar-refractivity contribution in [3.63, 3.8) is 0 Å². The average Bonchev–Trinajstić information content (AvgIpc) is 2.49. The first kappa shape index (κ1) is 17.8. The molecule has 25 heavy (non-hydrogen) atoms. The minimum absolute atomic E-state index is 0.0474. The highest BCUT2D eigenvalue weighted by Crippen LogP contribution is 2.45. The number of fused-ring (bicyclic) bond motifs is 1. The van der Waals surface area contributed by atoms with Crippen LogP contribution >= 0.6 is 11.8 Å². The Hall–Kier alpha value is -2.00. The van der Waals surface area contributed by atoms with Gasteiger partial charge >= 0.3 is 5.51 Å². The van der Waals surface area contributed by atoms with Crippen molar-refractivity contribution in [1.82, 2.24) is 9.55 Å². The van der Waals surface area contributed by atoms with E-state index in [2.05, 4.69) is 4.98 Å². The summed E-state index contributed by atoms with van der Waals surface area (Å²) in [7, 11) is 0. The summed E-state index contributed by atoms with van der Waals surface area (Å²) in [6.07, 6.45) is 2.71. The van der Waals surface area contributed by atoms with E-state index in [1.807, 2.05) is 0 Å². The van der Waals surface area contributed by atoms with Crippen LogP contribution < -0.4 is 10.3 Å². The monoisotopic (exact) mass is 372 g/mol. The van der Waals surface area contributed by atoms with Crippen LogP contribution in [0.2, 0.25) is 0 Å². The number of halogens is 3. The fourth-order valence-corrected chi connectivity index (χ4v) is 3.42. The number of nitrogens with zero attached hydrogens (tertiary/aromatic N) is 2. The van der Waals surface area contributed by atoms with Gasteiger partial charge in [-0.2, -0.15) is 13.2 Å². The average molecular weight is 372 g/mol. The second-order valence-electron chi connectivity index (χ2n) is 6.16. The molecule has 1 N–H and O–H groups in total. The summed E-state index contributed by atoms with van der Waals surface area (Å²) in [5.74, 6) is 0.329. The zero-order valence-electron chi connectivity index (χ0n) is 13.3. The molecule has 134 valence electrons. The standard InChI is InChI=1S/C16H15F3N2O3S/c1-15(2)14(23)13(21-6-5-20-8-12(21)22)10-7-9(25-16(17,18)19)3-4-11(10)24-15/h3-8,13-14,23H,1-2H3/t13-,14+/m1/s1. The highest BCUT2D eigenvalue weighted by Gasteiger charge is 2.44. The molecule has 0 saturated heterocycles.